The molecule has 1 aliphatic carbocycles. The van der Waals surface area contributed by atoms with Crippen molar-refractivity contribution >= 4 is 17.5 Å². The van der Waals surface area contributed by atoms with E-state index in [0.29, 0.717) is 12.1 Å². The number of benzene rings is 1. The molecule has 6 heteroatoms. The van der Waals surface area contributed by atoms with Gasteiger partial charge in [-0.2, -0.15) is 0 Å². The van der Waals surface area contributed by atoms with Crippen LogP contribution in [0.3, 0.4) is 0 Å². The molecule has 0 radical (unpaired) electrons. The average molecular weight is 391 g/mol. The fourth-order valence-corrected chi connectivity index (χ4v) is 5.41. The predicted molar refractivity (Wildman–Crippen MR) is 109 cm³/mol. The highest BCUT2D eigenvalue weighted by molar-refractivity contribution is 5.99. The second kappa shape index (κ2) is 7.26. The van der Waals surface area contributed by atoms with Gasteiger partial charge in [-0.25, -0.2) is 0 Å². The molecule has 1 saturated carbocycles. The molecule has 2 fully saturated rings. The highest BCUT2D eigenvalue weighted by Crippen LogP contribution is 2.49. The van der Waals surface area contributed by atoms with Crippen LogP contribution in [0.15, 0.2) is 48.8 Å². The van der Waals surface area contributed by atoms with Gasteiger partial charge in [0.1, 0.15) is 0 Å². The lowest BCUT2D eigenvalue weighted by molar-refractivity contribution is -0.123. The van der Waals surface area contributed by atoms with E-state index in [-0.39, 0.29) is 42.3 Å². The number of anilines is 1. The minimum Gasteiger partial charge on any atom is -0.394 e. The number of amides is 2. The Hall–Kier alpha value is -2.73. The van der Waals surface area contributed by atoms with Gasteiger partial charge in [-0.15, -0.1) is 0 Å². The molecule has 2 aliphatic heterocycles. The molecule has 1 aromatic heterocycles. The Balaban J connectivity index is 1.50. The first-order valence-corrected chi connectivity index (χ1v) is 10.4. The molecule has 1 saturated heterocycles. The fraction of sp³-hybridized carbons (Fsp3) is 0.435. The number of nitrogens with zero attached hydrogens (tertiary/aromatic N) is 3. The SMILES string of the molecule is O=C(C1CCCC1)N1C[C@H]2[C@@H](c3ccccc31)[C@H](CO)N2C(=O)c1cccnc1. The first kappa shape index (κ1) is 18.3. The van der Waals surface area contributed by atoms with E-state index in [0.717, 1.165) is 36.9 Å². The molecule has 29 heavy (non-hydrogen) atoms. The van der Waals surface area contributed by atoms with Crippen LogP contribution in [-0.4, -0.2) is 52.0 Å². The van der Waals surface area contributed by atoms with E-state index in [9.17, 15) is 14.7 Å². The fourth-order valence-electron chi connectivity index (χ4n) is 5.41. The summed E-state index contributed by atoms with van der Waals surface area (Å²) in [5.74, 6) is 0.168. The van der Waals surface area contributed by atoms with Crippen LogP contribution in [0.1, 0.15) is 47.5 Å². The maximum Gasteiger partial charge on any atom is 0.256 e. The normalized spacial score (nSPS) is 25.9. The molecular weight excluding hydrogens is 366 g/mol. The molecule has 0 spiro atoms. The summed E-state index contributed by atoms with van der Waals surface area (Å²) in [5.41, 5.74) is 2.51. The van der Waals surface area contributed by atoms with Gasteiger partial charge in [-0.05, 0) is 36.6 Å². The first-order valence-electron chi connectivity index (χ1n) is 10.4. The number of carbonyl (C=O) groups is 2. The van der Waals surface area contributed by atoms with Crippen molar-refractivity contribution in [1.82, 2.24) is 9.88 Å². The van der Waals surface area contributed by atoms with Crippen molar-refractivity contribution in [3.05, 3.63) is 59.9 Å². The third kappa shape index (κ3) is 2.85. The number of pyridine rings is 1. The Labute approximate surface area is 170 Å². The first-order chi connectivity index (χ1) is 14.2. The summed E-state index contributed by atoms with van der Waals surface area (Å²) >= 11 is 0. The number of para-hydroxylation sites is 1. The Morgan fingerprint density at radius 2 is 1.90 bits per heavy atom. The smallest absolute Gasteiger partial charge is 0.256 e. The third-order valence-corrected chi connectivity index (χ3v) is 6.80. The summed E-state index contributed by atoms with van der Waals surface area (Å²) in [5, 5.41) is 10.1. The van der Waals surface area contributed by atoms with E-state index in [4.69, 9.17) is 0 Å². The van der Waals surface area contributed by atoms with Crippen LogP contribution in [0, 0.1) is 5.92 Å². The van der Waals surface area contributed by atoms with Crippen LogP contribution in [0.25, 0.3) is 0 Å². The van der Waals surface area contributed by atoms with Crippen LogP contribution in [0.5, 0.6) is 0 Å². The molecule has 1 aromatic carbocycles. The van der Waals surface area contributed by atoms with Gasteiger partial charge >= 0.3 is 0 Å². The average Bonchev–Trinajstić information content (AvgIpc) is 3.29. The van der Waals surface area contributed by atoms with E-state index in [1.165, 1.54) is 0 Å². The summed E-state index contributed by atoms with van der Waals surface area (Å²) < 4.78 is 0. The molecule has 3 atom stereocenters. The van der Waals surface area contributed by atoms with Crippen molar-refractivity contribution in [2.24, 2.45) is 5.92 Å². The Morgan fingerprint density at radius 3 is 2.62 bits per heavy atom. The second-order valence-electron chi connectivity index (χ2n) is 8.29. The lowest BCUT2D eigenvalue weighted by atomic mass is 9.71. The molecule has 5 rings (SSSR count). The number of aromatic nitrogens is 1. The molecule has 1 N–H and O–H groups in total. The van der Waals surface area contributed by atoms with Gasteiger partial charge in [-0.1, -0.05) is 31.0 Å². The summed E-state index contributed by atoms with van der Waals surface area (Å²) in [4.78, 5) is 34.2. The maximum atomic E-state index is 13.3. The molecule has 6 nitrogen and oxygen atoms in total. The van der Waals surface area contributed by atoms with Crippen molar-refractivity contribution in [3.63, 3.8) is 0 Å². The zero-order chi connectivity index (χ0) is 20.0. The van der Waals surface area contributed by atoms with Crippen LogP contribution in [0.4, 0.5) is 5.69 Å². The van der Waals surface area contributed by atoms with Crippen LogP contribution in [-0.2, 0) is 4.79 Å². The summed E-state index contributed by atoms with van der Waals surface area (Å²) in [7, 11) is 0. The van der Waals surface area contributed by atoms with Crippen molar-refractivity contribution < 1.29 is 14.7 Å². The number of hydrogen-bond donors (Lipinski definition) is 1. The van der Waals surface area contributed by atoms with Gasteiger partial charge < -0.3 is 14.9 Å². The number of aliphatic hydroxyl groups is 1. The van der Waals surface area contributed by atoms with Crippen LogP contribution in [0.2, 0.25) is 0 Å². The molecule has 150 valence electrons. The molecule has 3 aliphatic rings. The summed E-state index contributed by atoms with van der Waals surface area (Å²) in [6.45, 7) is 0.386. The Morgan fingerprint density at radius 1 is 1.10 bits per heavy atom. The van der Waals surface area contributed by atoms with Crippen LogP contribution < -0.4 is 4.90 Å². The molecule has 3 heterocycles. The van der Waals surface area contributed by atoms with E-state index < -0.39 is 0 Å². The van der Waals surface area contributed by atoms with Gasteiger partial charge in [-0.3, -0.25) is 14.6 Å². The van der Waals surface area contributed by atoms with E-state index in [1.54, 1.807) is 29.4 Å². The minimum atomic E-state index is -0.280. The standard InChI is InChI=1S/C23H25N3O3/c27-14-20-21-17-9-3-4-10-18(17)25(22(28)15-6-1-2-7-15)13-19(21)26(20)23(29)16-8-5-11-24-12-16/h3-5,8-12,15,19-21,27H,1-2,6-7,13-14H2/t19-,20-,21+/m0/s1. The zero-order valence-corrected chi connectivity index (χ0v) is 16.3. The summed E-state index contributed by atoms with van der Waals surface area (Å²) in [6.07, 6.45) is 7.30. The molecule has 2 aromatic rings. The van der Waals surface area contributed by atoms with Gasteiger partial charge in [0.05, 0.1) is 24.3 Å². The number of carbonyl (C=O) groups excluding carboxylic acids is 2. The topological polar surface area (TPSA) is 73.7 Å². The monoisotopic (exact) mass is 391 g/mol. The van der Waals surface area contributed by atoms with Gasteiger partial charge in [0.2, 0.25) is 5.91 Å². The highest BCUT2D eigenvalue weighted by Gasteiger charge is 2.55. The third-order valence-electron chi connectivity index (χ3n) is 6.80. The van der Waals surface area contributed by atoms with Gasteiger partial charge in [0.25, 0.3) is 5.91 Å². The highest BCUT2D eigenvalue weighted by atomic mass is 16.3. The zero-order valence-electron chi connectivity index (χ0n) is 16.3. The number of fused-ring (bicyclic) bond motifs is 3. The van der Waals surface area contributed by atoms with Crippen LogP contribution >= 0.6 is 0 Å². The molecular formula is C23H25N3O3. The largest absolute Gasteiger partial charge is 0.394 e. The molecule has 2 amide bonds. The van der Waals surface area contributed by atoms with Gasteiger partial charge in [0.15, 0.2) is 0 Å². The predicted octanol–water partition coefficient (Wildman–Crippen LogP) is 2.59. The second-order valence-corrected chi connectivity index (χ2v) is 8.29. The quantitative estimate of drug-likeness (QED) is 0.873. The summed E-state index contributed by atoms with van der Waals surface area (Å²) in [6, 6.07) is 11.0. The number of hydrogen-bond acceptors (Lipinski definition) is 4. The number of rotatable bonds is 3. The lowest BCUT2D eigenvalue weighted by Gasteiger charge is -2.59. The Kier molecular flexibility index (Phi) is 4.59. The molecule has 0 bridgehead atoms. The molecule has 0 unspecified atom stereocenters. The maximum absolute atomic E-state index is 13.3. The van der Waals surface area contributed by atoms with Gasteiger partial charge in [0, 0.05) is 36.5 Å². The number of aliphatic hydroxyl groups excluding tert-OH is 1. The number of likely N-dealkylation sites (tertiary alicyclic amines) is 1. The van der Waals surface area contributed by atoms with Crippen molar-refractivity contribution in [2.45, 2.75) is 43.7 Å². The van der Waals surface area contributed by atoms with Crippen molar-refractivity contribution in [2.75, 3.05) is 18.1 Å². The minimum absolute atomic E-state index is 0.0458. The lowest BCUT2D eigenvalue weighted by Crippen LogP contribution is -2.71. The van der Waals surface area contributed by atoms with E-state index in [1.807, 2.05) is 29.2 Å². The van der Waals surface area contributed by atoms with Crippen molar-refractivity contribution in [1.29, 1.82) is 0 Å². The van der Waals surface area contributed by atoms with E-state index >= 15 is 0 Å². The van der Waals surface area contributed by atoms with Crippen molar-refractivity contribution in [3.8, 4) is 0 Å². The Bertz CT molecular complexity index is 926. The van der Waals surface area contributed by atoms with E-state index in [2.05, 4.69) is 4.98 Å².